The summed E-state index contributed by atoms with van der Waals surface area (Å²) in [7, 11) is 0. The standard InChI is InChI=1S/C18H14FN3OS/c19-15-7-2-1-6-14(15)17(23)20-13-5-3-4-12(10-13)16-11-22-8-9-24-18(22)21-16/h1-7,10-11H,8-9H2,(H,20,23). The number of hydrogen-bond acceptors (Lipinski definition) is 3. The van der Waals surface area contributed by atoms with Crippen molar-refractivity contribution >= 4 is 23.4 Å². The molecule has 24 heavy (non-hydrogen) atoms. The van der Waals surface area contributed by atoms with Gasteiger partial charge in [-0.15, -0.1) is 0 Å². The lowest BCUT2D eigenvalue weighted by molar-refractivity contribution is 0.102. The van der Waals surface area contributed by atoms with Crippen LogP contribution in [-0.2, 0) is 6.54 Å². The Morgan fingerprint density at radius 2 is 2.08 bits per heavy atom. The Labute approximate surface area is 142 Å². The van der Waals surface area contributed by atoms with Crippen molar-refractivity contribution in [1.29, 1.82) is 0 Å². The second-order valence-electron chi connectivity index (χ2n) is 5.47. The summed E-state index contributed by atoms with van der Waals surface area (Å²) in [5.41, 5.74) is 2.44. The van der Waals surface area contributed by atoms with Gasteiger partial charge in [0.15, 0.2) is 5.16 Å². The van der Waals surface area contributed by atoms with Gasteiger partial charge in [-0.25, -0.2) is 9.37 Å². The first-order chi connectivity index (χ1) is 11.7. The molecule has 1 aliphatic heterocycles. The molecule has 1 amide bonds. The van der Waals surface area contributed by atoms with E-state index >= 15 is 0 Å². The fourth-order valence-corrected chi connectivity index (χ4v) is 3.59. The van der Waals surface area contributed by atoms with Gasteiger partial charge in [-0.1, -0.05) is 36.0 Å². The van der Waals surface area contributed by atoms with Crippen LogP contribution in [0.15, 0.2) is 59.9 Å². The lowest BCUT2D eigenvalue weighted by Gasteiger charge is -2.07. The van der Waals surface area contributed by atoms with Gasteiger partial charge < -0.3 is 9.88 Å². The number of anilines is 1. The quantitative estimate of drug-likeness (QED) is 0.783. The van der Waals surface area contributed by atoms with Gasteiger partial charge in [0.05, 0.1) is 11.3 Å². The van der Waals surface area contributed by atoms with E-state index in [9.17, 15) is 9.18 Å². The number of nitrogens with zero attached hydrogens (tertiary/aromatic N) is 2. The molecular weight excluding hydrogens is 325 g/mol. The van der Waals surface area contributed by atoms with E-state index in [2.05, 4.69) is 14.9 Å². The summed E-state index contributed by atoms with van der Waals surface area (Å²) in [4.78, 5) is 16.8. The maximum Gasteiger partial charge on any atom is 0.258 e. The number of thioether (sulfide) groups is 1. The summed E-state index contributed by atoms with van der Waals surface area (Å²) in [6.45, 7) is 0.969. The smallest absolute Gasteiger partial charge is 0.258 e. The van der Waals surface area contributed by atoms with Crippen LogP contribution in [-0.4, -0.2) is 21.2 Å². The van der Waals surface area contributed by atoms with Crippen LogP contribution >= 0.6 is 11.8 Å². The van der Waals surface area contributed by atoms with Gasteiger partial charge in [0, 0.05) is 29.7 Å². The monoisotopic (exact) mass is 339 g/mol. The number of carbonyl (C=O) groups is 1. The van der Waals surface area contributed by atoms with Crippen LogP contribution in [0.3, 0.4) is 0 Å². The topological polar surface area (TPSA) is 46.9 Å². The molecule has 0 atom stereocenters. The largest absolute Gasteiger partial charge is 0.325 e. The van der Waals surface area contributed by atoms with E-state index in [1.807, 2.05) is 24.4 Å². The van der Waals surface area contributed by atoms with Gasteiger partial charge >= 0.3 is 0 Å². The van der Waals surface area contributed by atoms with Crippen molar-refractivity contribution in [3.8, 4) is 11.3 Å². The van der Waals surface area contributed by atoms with Crippen LogP contribution in [0.5, 0.6) is 0 Å². The lowest BCUT2D eigenvalue weighted by Crippen LogP contribution is -2.13. The number of rotatable bonds is 3. The molecule has 120 valence electrons. The third-order valence-electron chi connectivity index (χ3n) is 3.84. The fraction of sp³-hybridized carbons (Fsp3) is 0.111. The zero-order valence-corrected chi connectivity index (χ0v) is 13.5. The van der Waals surface area contributed by atoms with E-state index in [4.69, 9.17) is 0 Å². The number of aromatic nitrogens is 2. The number of hydrogen-bond donors (Lipinski definition) is 1. The molecule has 3 aromatic rings. The molecule has 0 bridgehead atoms. The molecule has 2 heterocycles. The highest BCUT2D eigenvalue weighted by Gasteiger charge is 2.16. The summed E-state index contributed by atoms with van der Waals surface area (Å²) in [5.74, 6) is 0.0586. The molecule has 4 rings (SSSR count). The molecule has 0 saturated carbocycles. The van der Waals surface area contributed by atoms with Gasteiger partial charge in [-0.05, 0) is 24.3 Å². The Bertz CT molecular complexity index is 901. The van der Waals surface area contributed by atoms with E-state index in [1.54, 1.807) is 30.0 Å². The number of amides is 1. The van der Waals surface area contributed by atoms with Crippen LogP contribution in [0.1, 0.15) is 10.4 Å². The molecule has 0 radical (unpaired) electrons. The van der Waals surface area contributed by atoms with Crippen LogP contribution in [0.25, 0.3) is 11.3 Å². The highest BCUT2D eigenvalue weighted by molar-refractivity contribution is 7.99. The summed E-state index contributed by atoms with van der Waals surface area (Å²) < 4.78 is 15.8. The van der Waals surface area contributed by atoms with Crippen molar-refractivity contribution in [1.82, 2.24) is 9.55 Å². The average molecular weight is 339 g/mol. The van der Waals surface area contributed by atoms with E-state index in [0.29, 0.717) is 5.69 Å². The first-order valence-corrected chi connectivity index (χ1v) is 8.55. The molecule has 4 nitrogen and oxygen atoms in total. The predicted octanol–water partition coefficient (Wildman–Crippen LogP) is 4.05. The summed E-state index contributed by atoms with van der Waals surface area (Å²) in [6.07, 6.45) is 2.02. The predicted molar refractivity (Wildman–Crippen MR) is 92.7 cm³/mol. The SMILES string of the molecule is O=C(Nc1cccc(-c2cn3c(n2)SCC3)c1)c1ccccc1F. The van der Waals surface area contributed by atoms with Gasteiger partial charge in [-0.2, -0.15) is 0 Å². The van der Waals surface area contributed by atoms with Crippen molar-refractivity contribution in [3.63, 3.8) is 0 Å². The fourth-order valence-electron chi connectivity index (χ4n) is 2.65. The third kappa shape index (κ3) is 2.80. The van der Waals surface area contributed by atoms with E-state index in [-0.39, 0.29) is 5.56 Å². The number of aryl methyl sites for hydroxylation is 1. The molecule has 1 aromatic heterocycles. The van der Waals surface area contributed by atoms with Crippen LogP contribution < -0.4 is 5.32 Å². The highest BCUT2D eigenvalue weighted by Crippen LogP contribution is 2.30. The number of benzene rings is 2. The molecule has 1 N–H and O–H groups in total. The minimum atomic E-state index is -0.534. The first-order valence-electron chi connectivity index (χ1n) is 7.57. The molecule has 6 heteroatoms. The van der Waals surface area contributed by atoms with Crippen LogP contribution in [0.4, 0.5) is 10.1 Å². The van der Waals surface area contributed by atoms with Crippen molar-refractivity contribution in [2.45, 2.75) is 11.7 Å². The Hall–Kier alpha value is -2.60. The lowest BCUT2D eigenvalue weighted by atomic mass is 10.1. The molecule has 0 saturated heterocycles. The maximum absolute atomic E-state index is 13.7. The van der Waals surface area contributed by atoms with E-state index < -0.39 is 11.7 Å². The van der Waals surface area contributed by atoms with Gasteiger partial charge in [0.2, 0.25) is 0 Å². The first kappa shape index (κ1) is 15.0. The van der Waals surface area contributed by atoms with E-state index in [0.717, 1.165) is 28.7 Å². The summed E-state index contributed by atoms with van der Waals surface area (Å²) in [5, 5.41) is 3.76. The van der Waals surface area contributed by atoms with Gasteiger partial charge in [-0.3, -0.25) is 4.79 Å². The van der Waals surface area contributed by atoms with Crippen LogP contribution in [0, 0.1) is 5.82 Å². The minimum absolute atomic E-state index is 0.0280. The maximum atomic E-state index is 13.7. The highest BCUT2D eigenvalue weighted by atomic mass is 32.2. The number of nitrogens with one attached hydrogen (secondary N) is 1. The molecule has 2 aromatic carbocycles. The van der Waals surface area contributed by atoms with Gasteiger partial charge in [0.25, 0.3) is 5.91 Å². The van der Waals surface area contributed by atoms with Crippen molar-refractivity contribution in [3.05, 3.63) is 66.1 Å². The molecule has 0 aliphatic carbocycles. The minimum Gasteiger partial charge on any atom is -0.325 e. The van der Waals surface area contributed by atoms with Crippen LogP contribution in [0.2, 0.25) is 0 Å². The van der Waals surface area contributed by atoms with Crippen molar-refractivity contribution in [2.24, 2.45) is 0 Å². The van der Waals surface area contributed by atoms with Crippen molar-refractivity contribution < 1.29 is 9.18 Å². The second kappa shape index (κ2) is 6.13. The number of carbonyl (C=O) groups excluding carboxylic acids is 1. The molecule has 1 aliphatic rings. The number of fused-ring (bicyclic) bond motifs is 1. The molecule has 0 fully saturated rings. The number of imidazole rings is 1. The average Bonchev–Trinajstić information content (AvgIpc) is 3.17. The Morgan fingerprint density at radius 3 is 2.92 bits per heavy atom. The molecular formula is C18H14FN3OS. The normalized spacial score (nSPS) is 12.9. The summed E-state index contributed by atoms with van der Waals surface area (Å²) in [6, 6.07) is 13.4. The zero-order chi connectivity index (χ0) is 16.5. The second-order valence-corrected chi connectivity index (χ2v) is 6.53. The molecule has 0 spiro atoms. The third-order valence-corrected chi connectivity index (χ3v) is 4.81. The molecule has 0 unspecified atom stereocenters. The Balaban J connectivity index is 1.58. The van der Waals surface area contributed by atoms with Crippen molar-refractivity contribution in [2.75, 3.05) is 11.1 Å². The number of halogens is 1. The Morgan fingerprint density at radius 1 is 1.21 bits per heavy atom. The van der Waals surface area contributed by atoms with E-state index in [1.165, 1.54) is 12.1 Å². The zero-order valence-electron chi connectivity index (χ0n) is 12.7. The Kier molecular flexibility index (Phi) is 3.82. The van der Waals surface area contributed by atoms with Gasteiger partial charge in [0.1, 0.15) is 5.82 Å². The summed E-state index contributed by atoms with van der Waals surface area (Å²) >= 11 is 1.74.